The molecular formula is C12H16O5. The fourth-order valence-corrected chi connectivity index (χ4v) is 1.76. The van der Waals surface area contributed by atoms with Gasteiger partial charge in [0.2, 0.25) is 0 Å². The van der Waals surface area contributed by atoms with Crippen molar-refractivity contribution in [2.45, 2.75) is 31.2 Å². The zero-order valence-corrected chi connectivity index (χ0v) is 9.27. The van der Waals surface area contributed by atoms with Crippen LogP contribution in [0.15, 0.2) is 30.3 Å². The van der Waals surface area contributed by atoms with Crippen molar-refractivity contribution in [3.63, 3.8) is 0 Å². The molecule has 0 aliphatic carbocycles. The van der Waals surface area contributed by atoms with Crippen LogP contribution in [0.2, 0.25) is 0 Å². The molecule has 3 N–H and O–H groups in total. The Labute approximate surface area is 99.2 Å². The zero-order valence-electron chi connectivity index (χ0n) is 9.27. The molecule has 2 rings (SSSR count). The Morgan fingerprint density at radius 3 is 2.59 bits per heavy atom. The lowest BCUT2D eigenvalue weighted by Crippen LogP contribution is -2.53. The van der Waals surface area contributed by atoms with Crippen LogP contribution in [0, 0.1) is 0 Å². The van der Waals surface area contributed by atoms with Gasteiger partial charge in [-0.15, -0.1) is 0 Å². The van der Waals surface area contributed by atoms with Gasteiger partial charge in [0.1, 0.15) is 18.3 Å². The number of aliphatic hydroxyl groups excluding tert-OH is 3. The second-order valence-electron chi connectivity index (χ2n) is 4.04. The van der Waals surface area contributed by atoms with Gasteiger partial charge in [0.05, 0.1) is 13.2 Å². The summed E-state index contributed by atoms with van der Waals surface area (Å²) in [6.07, 6.45) is -4.31. The minimum atomic E-state index is -1.31. The molecule has 1 aromatic carbocycles. The van der Waals surface area contributed by atoms with Crippen LogP contribution in [0.25, 0.3) is 0 Å². The second-order valence-corrected chi connectivity index (χ2v) is 4.04. The topological polar surface area (TPSA) is 79.2 Å². The smallest absolute Gasteiger partial charge is 0.183 e. The second kappa shape index (κ2) is 5.57. The summed E-state index contributed by atoms with van der Waals surface area (Å²) in [5.41, 5.74) is 0.938. The van der Waals surface area contributed by atoms with Crippen molar-refractivity contribution in [1.82, 2.24) is 0 Å². The summed E-state index contributed by atoms with van der Waals surface area (Å²) in [6, 6.07) is 9.42. The van der Waals surface area contributed by atoms with Crippen molar-refractivity contribution in [3.8, 4) is 0 Å². The largest absolute Gasteiger partial charge is 0.388 e. The van der Waals surface area contributed by atoms with Crippen LogP contribution in [-0.2, 0) is 16.1 Å². The van der Waals surface area contributed by atoms with E-state index in [0.717, 1.165) is 5.56 Å². The summed E-state index contributed by atoms with van der Waals surface area (Å²) in [5, 5.41) is 28.5. The molecule has 1 heterocycles. The Morgan fingerprint density at radius 1 is 1.18 bits per heavy atom. The molecule has 0 aromatic heterocycles. The van der Waals surface area contributed by atoms with Gasteiger partial charge in [0.15, 0.2) is 6.29 Å². The van der Waals surface area contributed by atoms with E-state index in [9.17, 15) is 15.3 Å². The Balaban J connectivity index is 1.93. The molecule has 0 radical (unpaired) electrons. The minimum absolute atomic E-state index is 0.0440. The molecule has 0 amide bonds. The molecule has 1 aromatic rings. The van der Waals surface area contributed by atoms with Gasteiger partial charge < -0.3 is 24.8 Å². The van der Waals surface area contributed by atoms with E-state index >= 15 is 0 Å². The van der Waals surface area contributed by atoms with Crippen molar-refractivity contribution in [3.05, 3.63) is 35.9 Å². The number of benzene rings is 1. The molecule has 1 aliphatic heterocycles. The standard InChI is InChI=1S/C12H16O5/c13-9-7-17-12(15)10(14)11(9)16-6-8-4-2-1-3-5-8/h1-5,9-15H,6-7H2/t9-,10-,11+,12+/m0/s1. The molecule has 1 fully saturated rings. The van der Waals surface area contributed by atoms with E-state index < -0.39 is 24.6 Å². The number of rotatable bonds is 3. The molecular weight excluding hydrogens is 224 g/mol. The molecule has 4 atom stereocenters. The average Bonchev–Trinajstić information content (AvgIpc) is 2.35. The van der Waals surface area contributed by atoms with Gasteiger partial charge in [0.25, 0.3) is 0 Å². The highest BCUT2D eigenvalue weighted by Gasteiger charge is 2.38. The lowest BCUT2D eigenvalue weighted by atomic mass is 10.1. The monoisotopic (exact) mass is 240 g/mol. The maximum absolute atomic E-state index is 9.63. The molecule has 0 unspecified atom stereocenters. The van der Waals surface area contributed by atoms with E-state index in [1.165, 1.54) is 0 Å². The van der Waals surface area contributed by atoms with E-state index in [4.69, 9.17) is 9.47 Å². The number of hydrogen-bond donors (Lipinski definition) is 3. The minimum Gasteiger partial charge on any atom is -0.388 e. The maximum atomic E-state index is 9.63. The SMILES string of the molecule is O[C@H]1[C@H](OCc2ccccc2)[C@@H](O)CO[C@H]1O. The number of hydrogen-bond acceptors (Lipinski definition) is 5. The summed E-state index contributed by atoms with van der Waals surface area (Å²) in [4.78, 5) is 0. The van der Waals surface area contributed by atoms with Crippen molar-refractivity contribution in [2.24, 2.45) is 0 Å². The Bertz CT molecular complexity index is 342. The molecule has 0 saturated carbocycles. The highest BCUT2D eigenvalue weighted by atomic mass is 16.6. The van der Waals surface area contributed by atoms with Crippen LogP contribution >= 0.6 is 0 Å². The van der Waals surface area contributed by atoms with Gasteiger partial charge in [-0.2, -0.15) is 0 Å². The van der Waals surface area contributed by atoms with Gasteiger partial charge in [-0.05, 0) is 5.56 Å². The summed E-state index contributed by atoms with van der Waals surface area (Å²) >= 11 is 0. The lowest BCUT2D eigenvalue weighted by Gasteiger charge is -2.35. The first-order valence-corrected chi connectivity index (χ1v) is 5.50. The van der Waals surface area contributed by atoms with E-state index in [1.54, 1.807) is 0 Å². The van der Waals surface area contributed by atoms with Crippen molar-refractivity contribution in [2.75, 3.05) is 6.61 Å². The van der Waals surface area contributed by atoms with Crippen LogP contribution in [-0.4, -0.2) is 46.5 Å². The first kappa shape index (κ1) is 12.5. The number of aliphatic hydroxyl groups is 3. The molecule has 1 aliphatic rings. The van der Waals surface area contributed by atoms with Crippen molar-refractivity contribution >= 4 is 0 Å². The van der Waals surface area contributed by atoms with Crippen LogP contribution in [0.5, 0.6) is 0 Å². The van der Waals surface area contributed by atoms with E-state index in [2.05, 4.69) is 0 Å². The lowest BCUT2D eigenvalue weighted by molar-refractivity contribution is -0.264. The third-order valence-electron chi connectivity index (χ3n) is 2.73. The predicted octanol–water partition coefficient (Wildman–Crippen LogP) is -0.358. The summed E-state index contributed by atoms with van der Waals surface area (Å²) in [5.74, 6) is 0. The molecule has 5 heteroatoms. The van der Waals surface area contributed by atoms with E-state index in [-0.39, 0.29) is 13.2 Å². The van der Waals surface area contributed by atoms with Gasteiger partial charge in [-0.3, -0.25) is 0 Å². The summed E-state index contributed by atoms with van der Waals surface area (Å²) in [7, 11) is 0. The fourth-order valence-electron chi connectivity index (χ4n) is 1.76. The van der Waals surface area contributed by atoms with Crippen LogP contribution < -0.4 is 0 Å². The van der Waals surface area contributed by atoms with Gasteiger partial charge in [-0.25, -0.2) is 0 Å². The van der Waals surface area contributed by atoms with Gasteiger partial charge >= 0.3 is 0 Å². The van der Waals surface area contributed by atoms with Crippen LogP contribution in [0.4, 0.5) is 0 Å². The first-order valence-electron chi connectivity index (χ1n) is 5.50. The van der Waals surface area contributed by atoms with E-state index in [1.807, 2.05) is 30.3 Å². The van der Waals surface area contributed by atoms with E-state index in [0.29, 0.717) is 0 Å². The quantitative estimate of drug-likeness (QED) is 0.672. The predicted molar refractivity (Wildman–Crippen MR) is 59.0 cm³/mol. The highest BCUT2D eigenvalue weighted by Crippen LogP contribution is 2.18. The maximum Gasteiger partial charge on any atom is 0.183 e. The Hall–Kier alpha value is -0.980. The molecule has 5 nitrogen and oxygen atoms in total. The highest BCUT2D eigenvalue weighted by molar-refractivity contribution is 5.13. The average molecular weight is 240 g/mol. The third-order valence-corrected chi connectivity index (χ3v) is 2.73. The Morgan fingerprint density at radius 2 is 1.88 bits per heavy atom. The summed E-state index contributed by atoms with van der Waals surface area (Å²) in [6.45, 7) is 0.226. The number of ether oxygens (including phenoxy) is 2. The molecule has 0 spiro atoms. The molecule has 94 valence electrons. The van der Waals surface area contributed by atoms with Gasteiger partial charge in [0, 0.05) is 0 Å². The van der Waals surface area contributed by atoms with Gasteiger partial charge in [-0.1, -0.05) is 30.3 Å². The normalized spacial score (nSPS) is 33.6. The molecule has 0 bridgehead atoms. The molecule has 1 saturated heterocycles. The molecule has 17 heavy (non-hydrogen) atoms. The fraction of sp³-hybridized carbons (Fsp3) is 0.500. The summed E-state index contributed by atoms with van der Waals surface area (Å²) < 4.78 is 10.2. The van der Waals surface area contributed by atoms with Crippen LogP contribution in [0.1, 0.15) is 5.56 Å². The third kappa shape index (κ3) is 3.02. The van der Waals surface area contributed by atoms with Crippen molar-refractivity contribution < 1.29 is 24.8 Å². The van der Waals surface area contributed by atoms with Crippen molar-refractivity contribution in [1.29, 1.82) is 0 Å². The Kier molecular flexibility index (Phi) is 4.09. The first-order chi connectivity index (χ1) is 8.18. The van der Waals surface area contributed by atoms with Crippen LogP contribution in [0.3, 0.4) is 0 Å². The zero-order chi connectivity index (χ0) is 12.3.